The molecular weight excluding hydrogens is 727 g/mol. The minimum Gasteiger partial charge on any atom is -0.481 e. The molecule has 0 aliphatic rings. The molecular formula is C33H38F3N7O11. The van der Waals surface area contributed by atoms with Gasteiger partial charge in [0, 0.05) is 54.9 Å². The maximum atomic E-state index is 13.6. The number of hydrogen-bond acceptors (Lipinski definition) is 10. The first-order valence-electron chi connectivity index (χ1n) is 16.3. The number of aromatic nitrogens is 2. The summed E-state index contributed by atoms with van der Waals surface area (Å²) in [5, 5.41) is 30.0. The summed E-state index contributed by atoms with van der Waals surface area (Å²) in [6, 6.07) is -2.98. The zero-order valence-electron chi connectivity index (χ0n) is 29.0. The first-order valence-corrected chi connectivity index (χ1v) is 16.3. The molecule has 0 saturated carbocycles. The first-order chi connectivity index (χ1) is 25.2. The molecule has 4 unspecified atom stereocenters. The van der Waals surface area contributed by atoms with Gasteiger partial charge in [-0.25, -0.2) is 9.78 Å². The summed E-state index contributed by atoms with van der Waals surface area (Å²) in [7, 11) is 0. The molecule has 3 rings (SSSR count). The van der Waals surface area contributed by atoms with Gasteiger partial charge in [-0.3, -0.25) is 33.6 Å². The van der Waals surface area contributed by atoms with Crippen LogP contribution in [0.5, 0.6) is 0 Å². The van der Waals surface area contributed by atoms with Crippen LogP contribution in [0.3, 0.4) is 0 Å². The third-order valence-corrected chi connectivity index (χ3v) is 7.62. The second-order valence-electron chi connectivity index (χ2n) is 12.6. The number of nitrogens with one attached hydrogen (secondary N) is 6. The number of H-pyrrole nitrogens is 1. The number of fused-ring (bicyclic) bond motifs is 1. The second kappa shape index (κ2) is 18.5. The molecule has 0 spiro atoms. The largest absolute Gasteiger partial charge is 0.481 e. The summed E-state index contributed by atoms with van der Waals surface area (Å²) >= 11 is 0. The molecule has 0 fully saturated rings. The maximum Gasteiger partial charge on any atom is 0.417 e. The number of aromatic amines is 1. The summed E-state index contributed by atoms with van der Waals surface area (Å²) in [4.78, 5) is 107. The SMILES string of the molecule is CC(=O)NC(CC(C)C)C(=O)NC(CCC(=O)O)C(=O)NC(Cc1cnc[nH]1)C(=O)NC(CC(=O)O)C(=O)Nc1ccc2c(C(F)(F)F)cc(=O)oc2c1. The highest BCUT2D eigenvalue weighted by molar-refractivity contribution is 6.01. The van der Waals surface area contributed by atoms with Crippen molar-refractivity contribution in [2.75, 3.05) is 5.32 Å². The lowest BCUT2D eigenvalue weighted by Gasteiger charge is -2.26. The van der Waals surface area contributed by atoms with Crippen LogP contribution in [0, 0.1) is 5.92 Å². The van der Waals surface area contributed by atoms with E-state index in [4.69, 9.17) is 4.42 Å². The molecule has 8 N–H and O–H groups in total. The fourth-order valence-corrected chi connectivity index (χ4v) is 5.22. The maximum absolute atomic E-state index is 13.6. The summed E-state index contributed by atoms with van der Waals surface area (Å²) in [5.74, 6) is -7.61. The molecule has 2 aromatic heterocycles. The summed E-state index contributed by atoms with van der Waals surface area (Å²) in [6.07, 6.45) is -4.58. The van der Waals surface area contributed by atoms with Crippen molar-refractivity contribution in [1.82, 2.24) is 31.2 Å². The molecule has 292 valence electrons. The van der Waals surface area contributed by atoms with Gasteiger partial charge in [0.2, 0.25) is 29.5 Å². The van der Waals surface area contributed by atoms with Crippen LogP contribution in [0.25, 0.3) is 11.0 Å². The normalized spacial score (nSPS) is 13.6. The quantitative estimate of drug-likeness (QED) is 0.0845. The Morgan fingerprint density at radius 2 is 1.48 bits per heavy atom. The van der Waals surface area contributed by atoms with E-state index in [0.29, 0.717) is 0 Å². The fourth-order valence-electron chi connectivity index (χ4n) is 5.22. The van der Waals surface area contributed by atoms with Crippen LogP contribution in [0.15, 0.2) is 46.0 Å². The third-order valence-electron chi connectivity index (χ3n) is 7.62. The van der Waals surface area contributed by atoms with Gasteiger partial charge in [0.1, 0.15) is 29.8 Å². The highest BCUT2D eigenvalue weighted by Gasteiger charge is 2.35. The zero-order chi connectivity index (χ0) is 40.3. The van der Waals surface area contributed by atoms with Crippen LogP contribution in [0.4, 0.5) is 18.9 Å². The summed E-state index contributed by atoms with van der Waals surface area (Å²) in [5.41, 5.74) is -3.12. The van der Waals surface area contributed by atoms with Gasteiger partial charge in [0.15, 0.2) is 0 Å². The average Bonchev–Trinajstić information content (AvgIpc) is 3.57. The smallest absolute Gasteiger partial charge is 0.417 e. The number of carboxylic acids is 2. The number of amides is 5. The number of carbonyl (C=O) groups is 7. The number of carboxylic acid groups (broad SMARTS) is 2. The Hall–Kier alpha value is -6.28. The molecule has 54 heavy (non-hydrogen) atoms. The Balaban J connectivity index is 1.88. The van der Waals surface area contributed by atoms with E-state index >= 15 is 0 Å². The van der Waals surface area contributed by atoms with Crippen LogP contribution in [0.1, 0.15) is 57.7 Å². The summed E-state index contributed by atoms with van der Waals surface area (Å²) < 4.78 is 45.3. The van der Waals surface area contributed by atoms with Gasteiger partial charge >= 0.3 is 23.7 Å². The molecule has 2 heterocycles. The lowest BCUT2D eigenvalue weighted by atomic mass is 10.0. The molecule has 0 bridgehead atoms. The Kier molecular flexibility index (Phi) is 14.4. The number of nitrogens with zero attached hydrogens (tertiary/aromatic N) is 1. The second-order valence-corrected chi connectivity index (χ2v) is 12.6. The number of imidazole rings is 1. The number of alkyl halides is 3. The number of aliphatic carboxylic acids is 2. The third kappa shape index (κ3) is 12.7. The van der Waals surface area contributed by atoms with E-state index in [-0.39, 0.29) is 36.2 Å². The monoisotopic (exact) mass is 765 g/mol. The van der Waals surface area contributed by atoms with Gasteiger partial charge in [-0.2, -0.15) is 13.2 Å². The number of carbonyl (C=O) groups excluding carboxylic acids is 5. The van der Waals surface area contributed by atoms with E-state index in [9.17, 15) is 61.7 Å². The standard InChI is InChI=1S/C33H38F3N7O11/c1-15(2)8-22(39-16(3)44)31(52)41-21(6-7-26(45)46)29(50)42-23(9-18-13-37-14-38-18)32(53)43-24(12-27(47)48)30(51)40-17-4-5-19-20(33(34,35)36)11-28(49)54-25(19)10-17/h4-5,10-11,13-15,21-24H,6-9,12H2,1-3H3,(H,37,38)(H,39,44)(H,40,51)(H,41,52)(H,42,50)(H,43,53)(H,45,46)(H,47,48). The molecule has 0 aliphatic carbocycles. The first kappa shape index (κ1) is 42.1. The van der Waals surface area contributed by atoms with Gasteiger partial charge in [-0.05, 0) is 30.9 Å². The molecule has 4 atom stereocenters. The van der Waals surface area contributed by atoms with Crippen molar-refractivity contribution in [3.05, 3.63) is 58.5 Å². The number of anilines is 1. The van der Waals surface area contributed by atoms with Crippen LogP contribution >= 0.6 is 0 Å². The zero-order valence-corrected chi connectivity index (χ0v) is 29.0. The van der Waals surface area contributed by atoms with Crippen molar-refractivity contribution in [3.8, 4) is 0 Å². The minimum atomic E-state index is -4.91. The van der Waals surface area contributed by atoms with E-state index in [1.54, 1.807) is 13.8 Å². The van der Waals surface area contributed by atoms with Crippen LogP contribution in [-0.4, -0.2) is 85.8 Å². The van der Waals surface area contributed by atoms with Crippen molar-refractivity contribution in [2.45, 2.75) is 83.2 Å². The molecule has 5 amide bonds. The van der Waals surface area contributed by atoms with Crippen molar-refractivity contribution in [3.63, 3.8) is 0 Å². The van der Waals surface area contributed by atoms with E-state index in [0.717, 1.165) is 18.2 Å². The average molecular weight is 766 g/mol. The number of rotatable bonds is 18. The van der Waals surface area contributed by atoms with E-state index in [1.807, 2.05) is 0 Å². The predicted octanol–water partition coefficient (Wildman–Crippen LogP) is 1.06. The molecule has 0 saturated heterocycles. The Labute approximate surface area is 303 Å². The Morgan fingerprint density at radius 3 is 2.06 bits per heavy atom. The number of benzene rings is 1. The van der Waals surface area contributed by atoms with Crippen molar-refractivity contribution < 1.29 is 61.4 Å². The Morgan fingerprint density at radius 1 is 0.852 bits per heavy atom. The molecule has 21 heteroatoms. The Bertz CT molecular complexity index is 1930. The topological polar surface area (TPSA) is 279 Å². The number of hydrogen-bond donors (Lipinski definition) is 8. The van der Waals surface area contributed by atoms with Crippen LogP contribution < -0.4 is 32.2 Å². The summed E-state index contributed by atoms with van der Waals surface area (Å²) in [6.45, 7) is 4.74. The number of halogens is 3. The van der Waals surface area contributed by atoms with Crippen LogP contribution in [0.2, 0.25) is 0 Å². The van der Waals surface area contributed by atoms with E-state index in [1.165, 1.54) is 19.4 Å². The van der Waals surface area contributed by atoms with Crippen molar-refractivity contribution >= 4 is 58.1 Å². The lowest BCUT2D eigenvalue weighted by molar-refractivity contribution is -0.140. The van der Waals surface area contributed by atoms with Crippen LogP contribution in [-0.2, 0) is 46.2 Å². The van der Waals surface area contributed by atoms with Crippen molar-refractivity contribution in [1.29, 1.82) is 0 Å². The molecule has 0 aliphatic heterocycles. The predicted molar refractivity (Wildman–Crippen MR) is 180 cm³/mol. The van der Waals surface area contributed by atoms with E-state index in [2.05, 4.69) is 36.6 Å². The molecule has 0 radical (unpaired) electrons. The van der Waals surface area contributed by atoms with Gasteiger partial charge in [-0.1, -0.05) is 13.8 Å². The lowest BCUT2D eigenvalue weighted by Crippen LogP contribution is -2.58. The van der Waals surface area contributed by atoms with Gasteiger partial charge in [0.05, 0.1) is 18.3 Å². The molecule has 3 aromatic rings. The van der Waals surface area contributed by atoms with Gasteiger partial charge in [0.25, 0.3) is 0 Å². The minimum absolute atomic E-state index is 0.0819. The fraction of sp³-hybridized carbons (Fsp3) is 0.424. The van der Waals surface area contributed by atoms with E-state index < -0.39 is 113 Å². The van der Waals surface area contributed by atoms with Gasteiger partial charge < -0.3 is 46.2 Å². The van der Waals surface area contributed by atoms with Gasteiger partial charge in [-0.15, -0.1) is 0 Å². The molecule has 1 aromatic carbocycles. The van der Waals surface area contributed by atoms with Crippen molar-refractivity contribution in [2.24, 2.45) is 5.92 Å². The highest BCUT2D eigenvalue weighted by atomic mass is 19.4. The molecule has 18 nitrogen and oxygen atoms in total. The highest BCUT2D eigenvalue weighted by Crippen LogP contribution is 2.34.